The van der Waals surface area contributed by atoms with Crippen LogP contribution in [0.3, 0.4) is 0 Å². The lowest BCUT2D eigenvalue weighted by molar-refractivity contribution is -0.119. The first kappa shape index (κ1) is 17.6. The molecular weight excluding hydrogens is 262 g/mol. The molecule has 0 aliphatic rings. The number of hydrogen-bond acceptors (Lipinski definition) is 3. The Bertz CT molecular complexity index is 434. The highest BCUT2D eigenvalue weighted by atomic mass is 16.2. The molecule has 0 N–H and O–H groups in total. The Balaban J connectivity index is 3.09. The number of aromatic nitrogens is 2. The first-order valence-corrected chi connectivity index (χ1v) is 8.26. The van der Waals surface area contributed by atoms with Gasteiger partial charge in [0.25, 0.3) is 0 Å². The summed E-state index contributed by atoms with van der Waals surface area (Å²) in [7, 11) is 0. The van der Waals surface area contributed by atoms with Crippen LogP contribution in [-0.4, -0.2) is 21.9 Å². The van der Waals surface area contributed by atoms with Crippen molar-refractivity contribution in [2.24, 2.45) is 0 Å². The minimum atomic E-state index is 0.176. The quantitative estimate of drug-likeness (QED) is 0.687. The van der Waals surface area contributed by atoms with Gasteiger partial charge in [-0.3, -0.25) is 9.69 Å². The highest BCUT2D eigenvalue weighted by molar-refractivity contribution is 5.93. The lowest BCUT2D eigenvalue weighted by atomic mass is 10.1. The van der Waals surface area contributed by atoms with E-state index in [0.717, 1.165) is 49.9 Å². The number of unbranched alkanes of at least 4 members (excludes halogenated alkanes) is 1. The Kier molecular flexibility index (Phi) is 7.95. The molecular formula is C17H29N3O. The first-order chi connectivity index (χ1) is 10.2. The standard InChI is InChI=1S/C17H29N3O/c1-5-8-11-15-12-18-13-19-17(15)20(14(4)9-6-2)16(21)10-7-3/h12-14H,5-11H2,1-4H3. The lowest BCUT2D eigenvalue weighted by Crippen LogP contribution is -2.40. The van der Waals surface area contributed by atoms with Gasteiger partial charge in [0, 0.05) is 24.2 Å². The molecule has 4 heteroatoms. The van der Waals surface area contributed by atoms with E-state index in [-0.39, 0.29) is 11.9 Å². The summed E-state index contributed by atoms with van der Waals surface area (Å²) in [6.07, 6.45) is 10.1. The normalized spacial score (nSPS) is 12.2. The van der Waals surface area contributed by atoms with Crippen LogP contribution in [-0.2, 0) is 11.2 Å². The molecule has 0 aliphatic carbocycles. The number of carbonyl (C=O) groups excluding carboxylic acids is 1. The molecule has 1 aromatic heterocycles. The lowest BCUT2D eigenvalue weighted by Gasteiger charge is -2.29. The highest BCUT2D eigenvalue weighted by Crippen LogP contribution is 2.23. The van der Waals surface area contributed by atoms with Gasteiger partial charge >= 0.3 is 0 Å². The maximum absolute atomic E-state index is 12.6. The summed E-state index contributed by atoms with van der Waals surface area (Å²) < 4.78 is 0. The van der Waals surface area contributed by atoms with E-state index >= 15 is 0 Å². The smallest absolute Gasteiger partial charge is 0.228 e. The monoisotopic (exact) mass is 291 g/mol. The maximum atomic E-state index is 12.6. The molecule has 4 nitrogen and oxygen atoms in total. The van der Waals surface area contributed by atoms with Crippen LogP contribution in [0.4, 0.5) is 5.82 Å². The topological polar surface area (TPSA) is 46.1 Å². The molecule has 0 fully saturated rings. The molecule has 0 saturated carbocycles. The zero-order valence-corrected chi connectivity index (χ0v) is 13.9. The van der Waals surface area contributed by atoms with Crippen LogP contribution in [0.25, 0.3) is 0 Å². The number of rotatable bonds is 9. The number of carbonyl (C=O) groups is 1. The fourth-order valence-corrected chi connectivity index (χ4v) is 2.57. The summed E-state index contributed by atoms with van der Waals surface area (Å²) >= 11 is 0. The predicted octanol–water partition coefficient (Wildman–Crippen LogP) is 4.14. The van der Waals surface area contributed by atoms with Crippen molar-refractivity contribution in [2.45, 2.75) is 78.7 Å². The second-order valence-electron chi connectivity index (χ2n) is 5.63. The summed E-state index contributed by atoms with van der Waals surface area (Å²) in [4.78, 5) is 23.0. The Hall–Kier alpha value is -1.45. The Morgan fingerprint density at radius 1 is 1.24 bits per heavy atom. The number of aryl methyl sites for hydroxylation is 1. The molecule has 21 heavy (non-hydrogen) atoms. The third kappa shape index (κ3) is 5.10. The molecule has 0 aromatic carbocycles. The van der Waals surface area contributed by atoms with Gasteiger partial charge in [0.15, 0.2) is 0 Å². The molecule has 0 spiro atoms. The van der Waals surface area contributed by atoms with Crippen molar-refractivity contribution in [2.75, 3.05) is 4.90 Å². The fourth-order valence-electron chi connectivity index (χ4n) is 2.57. The van der Waals surface area contributed by atoms with Crippen molar-refractivity contribution in [1.82, 2.24) is 9.97 Å². The van der Waals surface area contributed by atoms with Gasteiger partial charge in [-0.05, 0) is 32.6 Å². The second-order valence-corrected chi connectivity index (χ2v) is 5.63. The van der Waals surface area contributed by atoms with Crippen LogP contribution < -0.4 is 4.90 Å². The van der Waals surface area contributed by atoms with E-state index in [9.17, 15) is 4.79 Å². The van der Waals surface area contributed by atoms with Crippen LogP contribution in [0.15, 0.2) is 12.5 Å². The van der Waals surface area contributed by atoms with Gasteiger partial charge in [0.2, 0.25) is 5.91 Å². The van der Waals surface area contributed by atoms with Crippen LogP contribution in [0.5, 0.6) is 0 Å². The zero-order chi connectivity index (χ0) is 15.7. The van der Waals surface area contributed by atoms with E-state index in [1.165, 1.54) is 0 Å². The SMILES string of the molecule is CCCCc1cncnc1N(C(=O)CCC)C(C)CCC. The minimum Gasteiger partial charge on any atom is -0.294 e. The molecule has 1 unspecified atom stereocenters. The summed E-state index contributed by atoms with van der Waals surface area (Å²) in [5, 5.41) is 0. The van der Waals surface area contributed by atoms with E-state index in [2.05, 4.69) is 30.7 Å². The van der Waals surface area contributed by atoms with Gasteiger partial charge in [0.1, 0.15) is 12.1 Å². The molecule has 1 heterocycles. The van der Waals surface area contributed by atoms with Gasteiger partial charge < -0.3 is 0 Å². The Morgan fingerprint density at radius 2 is 2.00 bits per heavy atom. The van der Waals surface area contributed by atoms with Crippen molar-refractivity contribution in [3.05, 3.63) is 18.1 Å². The number of amides is 1. The first-order valence-electron chi connectivity index (χ1n) is 8.26. The van der Waals surface area contributed by atoms with Crippen LogP contribution in [0.2, 0.25) is 0 Å². The summed E-state index contributed by atoms with van der Waals surface area (Å²) in [6, 6.07) is 0.185. The van der Waals surface area contributed by atoms with Crippen LogP contribution >= 0.6 is 0 Å². The summed E-state index contributed by atoms with van der Waals surface area (Å²) in [5.74, 6) is 0.993. The van der Waals surface area contributed by atoms with E-state index in [1.54, 1.807) is 6.33 Å². The summed E-state index contributed by atoms with van der Waals surface area (Å²) in [6.45, 7) is 8.47. The molecule has 118 valence electrons. The van der Waals surface area contributed by atoms with Crippen molar-refractivity contribution < 1.29 is 4.79 Å². The molecule has 1 rings (SSSR count). The van der Waals surface area contributed by atoms with E-state index in [4.69, 9.17) is 0 Å². The molecule has 0 bridgehead atoms. The molecule has 1 aromatic rings. The van der Waals surface area contributed by atoms with Crippen molar-refractivity contribution >= 4 is 11.7 Å². The average Bonchev–Trinajstić information content (AvgIpc) is 2.47. The molecule has 0 saturated heterocycles. The van der Waals surface area contributed by atoms with E-state index in [0.29, 0.717) is 6.42 Å². The molecule has 0 aliphatic heterocycles. The zero-order valence-electron chi connectivity index (χ0n) is 13.9. The number of hydrogen-bond donors (Lipinski definition) is 0. The third-order valence-corrected chi connectivity index (χ3v) is 3.67. The van der Waals surface area contributed by atoms with Crippen molar-refractivity contribution in [3.63, 3.8) is 0 Å². The number of nitrogens with zero attached hydrogens (tertiary/aromatic N) is 3. The van der Waals surface area contributed by atoms with Gasteiger partial charge in [0.05, 0.1) is 0 Å². The Morgan fingerprint density at radius 3 is 2.62 bits per heavy atom. The second kappa shape index (κ2) is 9.48. The molecule has 1 amide bonds. The van der Waals surface area contributed by atoms with Crippen LogP contribution in [0, 0.1) is 0 Å². The molecule has 0 radical (unpaired) electrons. The minimum absolute atomic E-state index is 0.176. The van der Waals surface area contributed by atoms with Crippen molar-refractivity contribution in [1.29, 1.82) is 0 Å². The largest absolute Gasteiger partial charge is 0.294 e. The number of anilines is 1. The fraction of sp³-hybridized carbons (Fsp3) is 0.706. The highest BCUT2D eigenvalue weighted by Gasteiger charge is 2.24. The van der Waals surface area contributed by atoms with Gasteiger partial charge in [-0.1, -0.05) is 33.6 Å². The van der Waals surface area contributed by atoms with Gasteiger partial charge in [-0.15, -0.1) is 0 Å². The molecule has 1 atom stereocenters. The summed E-state index contributed by atoms with van der Waals surface area (Å²) in [5.41, 5.74) is 1.09. The average molecular weight is 291 g/mol. The third-order valence-electron chi connectivity index (χ3n) is 3.67. The van der Waals surface area contributed by atoms with Crippen LogP contribution in [0.1, 0.15) is 71.8 Å². The van der Waals surface area contributed by atoms with Gasteiger partial charge in [-0.2, -0.15) is 0 Å². The van der Waals surface area contributed by atoms with E-state index in [1.807, 2.05) is 18.0 Å². The van der Waals surface area contributed by atoms with E-state index < -0.39 is 0 Å². The van der Waals surface area contributed by atoms with Crippen molar-refractivity contribution in [3.8, 4) is 0 Å². The predicted molar refractivity (Wildman–Crippen MR) is 87.4 cm³/mol. The van der Waals surface area contributed by atoms with Gasteiger partial charge in [-0.25, -0.2) is 9.97 Å². The Labute approximate surface area is 129 Å². The maximum Gasteiger partial charge on any atom is 0.228 e.